The van der Waals surface area contributed by atoms with Crippen LogP contribution in [0.5, 0.6) is 0 Å². The summed E-state index contributed by atoms with van der Waals surface area (Å²) in [7, 11) is 0. The molecule has 1 aromatic carbocycles. The Morgan fingerprint density at radius 1 is 1.32 bits per heavy atom. The van der Waals surface area contributed by atoms with E-state index >= 15 is 0 Å². The van der Waals surface area contributed by atoms with Gasteiger partial charge < -0.3 is 9.55 Å². The van der Waals surface area contributed by atoms with E-state index in [0.717, 1.165) is 33.6 Å². The monoisotopic (exact) mass is 381 g/mol. The smallest absolute Gasteiger partial charge is 0.178 e. The van der Waals surface area contributed by atoms with Gasteiger partial charge in [-0.15, -0.1) is 0 Å². The summed E-state index contributed by atoms with van der Waals surface area (Å²) >= 11 is 7.71. The lowest BCUT2D eigenvalue weighted by Gasteiger charge is -2.05. The molecule has 0 unspecified atom stereocenters. The van der Waals surface area contributed by atoms with Gasteiger partial charge in [0.2, 0.25) is 0 Å². The molecule has 3 rings (SSSR count). The topological polar surface area (TPSA) is 33.6 Å². The summed E-state index contributed by atoms with van der Waals surface area (Å²) < 4.78 is 4.05. The Balaban J connectivity index is 2.07. The van der Waals surface area contributed by atoms with Crippen LogP contribution in [0.15, 0.2) is 36.5 Å². The minimum Gasteiger partial charge on any atom is -0.331 e. The molecule has 0 bridgehead atoms. The second kappa shape index (κ2) is 5.05. The minimum absolute atomic E-state index is 0.743. The first kappa shape index (κ1) is 12.8. The molecule has 5 heteroatoms. The normalized spacial score (nSPS) is 11.1. The molecule has 0 atom stereocenters. The molecule has 0 aliphatic carbocycles. The molecule has 0 spiro atoms. The number of pyridine rings is 1. The molecule has 0 fully saturated rings. The van der Waals surface area contributed by atoms with Crippen molar-refractivity contribution >= 4 is 45.8 Å². The van der Waals surface area contributed by atoms with Gasteiger partial charge in [0.15, 0.2) is 4.77 Å². The summed E-state index contributed by atoms with van der Waals surface area (Å²) in [6, 6.07) is 10.4. The summed E-state index contributed by atoms with van der Waals surface area (Å²) in [4.78, 5) is 7.58. The largest absolute Gasteiger partial charge is 0.331 e. The van der Waals surface area contributed by atoms with E-state index in [-0.39, 0.29) is 0 Å². The Morgan fingerprint density at radius 3 is 2.89 bits per heavy atom. The standard InChI is InChI=1S/C14H12IN3S/c1-9-2-3-10(7-16-9)8-18-13-5-4-11(15)6-12(13)17-14(18)19/h2-7H,8H2,1H3,(H,17,19). The van der Waals surface area contributed by atoms with Crippen LogP contribution < -0.4 is 0 Å². The van der Waals surface area contributed by atoms with Crippen molar-refractivity contribution in [2.75, 3.05) is 0 Å². The molecule has 0 radical (unpaired) electrons. The highest BCUT2D eigenvalue weighted by Crippen LogP contribution is 2.18. The second-order valence-electron chi connectivity index (χ2n) is 4.49. The molecular weight excluding hydrogens is 369 g/mol. The van der Waals surface area contributed by atoms with Crippen LogP contribution in [-0.2, 0) is 6.54 Å². The van der Waals surface area contributed by atoms with Gasteiger partial charge in [-0.25, -0.2) is 0 Å². The third-order valence-corrected chi connectivity index (χ3v) is 4.04. The highest BCUT2D eigenvalue weighted by Gasteiger charge is 2.05. The maximum atomic E-state index is 5.41. The van der Waals surface area contributed by atoms with Crippen LogP contribution >= 0.6 is 34.8 Å². The number of halogens is 1. The first-order valence-electron chi connectivity index (χ1n) is 5.93. The van der Waals surface area contributed by atoms with E-state index in [4.69, 9.17) is 12.2 Å². The molecule has 96 valence electrons. The zero-order valence-corrected chi connectivity index (χ0v) is 13.3. The zero-order valence-electron chi connectivity index (χ0n) is 10.4. The summed E-state index contributed by atoms with van der Waals surface area (Å²) in [5.41, 5.74) is 4.39. The van der Waals surface area contributed by atoms with E-state index < -0.39 is 0 Å². The average Bonchev–Trinajstić information content (AvgIpc) is 2.68. The number of nitrogens with zero attached hydrogens (tertiary/aromatic N) is 2. The number of fused-ring (bicyclic) bond motifs is 1. The van der Waals surface area contributed by atoms with E-state index in [1.807, 2.05) is 19.2 Å². The third-order valence-electron chi connectivity index (χ3n) is 3.05. The Labute approximate surface area is 129 Å². The van der Waals surface area contributed by atoms with Gasteiger partial charge in [0.1, 0.15) is 0 Å². The van der Waals surface area contributed by atoms with Crippen molar-refractivity contribution in [1.29, 1.82) is 0 Å². The Hall–Kier alpha value is -1.21. The summed E-state index contributed by atoms with van der Waals surface area (Å²) in [5.74, 6) is 0. The Morgan fingerprint density at radius 2 is 2.16 bits per heavy atom. The van der Waals surface area contributed by atoms with Gasteiger partial charge in [-0.2, -0.15) is 0 Å². The number of hydrogen-bond donors (Lipinski definition) is 1. The number of aryl methyl sites for hydroxylation is 1. The molecule has 2 heterocycles. The van der Waals surface area contributed by atoms with Crippen LogP contribution in [0.4, 0.5) is 0 Å². The van der Waals surface area contributed by atoms with Crippen LogP contribution in [0.1, 0.15) is 11.3 Å². The van der Waals surface area contributed by atoms with Crippen molar-refractivity contribution in [3.8, 4) is 0 Å². The minimum atomic E-state index is 0.743. The van der Waals surface area contributed by atoms with Gasteiger partial charge in [-0.1, -0.05) is 6.07 Å². The van der Waals surface area contributed by atoms with Gasteiger partial charge in [-0.05, 0) is 71.6 Å². The number of rotatable bonds is 2. The van der Waals surface area contributed by atoms with Crippen molar-refractivity contribution < 1.29 is 0 Å². The quantitative estimate of drug-likeness (QED) is 0.537. The van der Waals surface area contributed by atoms with Crippen LogP contribution in [0, 0.1) is 15.3 Å². The first-order valence-corrected chi connectivity index (χ1v) is 7.42. The fourth-order valence-electron chi connectivity index (χ4n) is 2.07. The van der Waals surface area contributed by atoms with Crippen molar-refractivity contribution in [2.45, 2.75) is 13.5 Å². The molecule has 3 nitrogen and oxygen atoms in total. The van der Waals surface area contributed by atoms with Crippen LogP contribution in [-0.4, -0.2) is 14.5 Å². The number of benzene rings is 1. The molecule has 0 saturated heterocycles. The number of nitrogens with one attached hydrogen (secondary N) is 1. The lowest BCUT2D eigenvalue weighted by Crippen LogP contribution is -2.00. The van der Waals surface area contributed by atoms with Crippen molar-refractivity contribution in [3.05, 3.63) is 56.1 Å². The molecular formula is C14H12IN3S. The van der Waals surface area contributed by atoms with Gasteiger partial charge in [0.25, 0.3) is 0 Å². The number of H-pyrrole nitrogens is 1. The predicted octanol–water partition coefficient (Wildman–Crippen LogP) is 4.06. The summed E-state index contributed by atoms with van der Waals surface area (Å²) in [6.07, 6.45) is 1.91. The lowest BCUT2D eigenvalue weighted by atomic mass is 10.2. The first-order chi connectivity index (χ1) is 9.13. The molecule has 0 amide bonds. The molecule has 0 aliphatic rings. The van der Waals surface area contributed by atoms with Crippen LogP contribution in [0.2, 0.25) is 0 Å². The van der Waals surface area contributed by atoms with Crippen LogP contribution in [0.25, 0.3) is 11.0 Å². The molecule has 2 aromatic heterocycles. The zero-order chi connectivity index (χ0) is 13.4. The van der Waals surface area contributed by atoms with E-state index in [1.165, 1.54) is 3.57 Å². The molecule has 1 N–H and O–H groups in total. The fourth-order valence-corrected chi connectivity index (χ4v) is 2.83. The molecule has 19 heavy (non-hydrogen) atoms. The van der Waals surface area contributed by atoms with E-state index in [1.54, 1.807) is 0 Å². The number of hydrogen-bond acceptors (Lipinski definition) is 2. The predicted molar refractivity (Wildman–Crippen MR) is 87.9 cm³/mol. The number of imidazole rings is 1. The number of aromatic amines is 1. The average molecular weight is 381 g/mol. The summed E-state index contributed by atoms with van der Waals surface area (Å²) in [5, 5.41) is 0. The Bertz CT molecular complexity index is 787. The Kier molecular flexibility index (Phi) is 3.40. The van der Waals surface area contributed by atoms with Gasteiger partial charge in [0.05, 0.1) is 17.6 Å². The highest BCUT2D eigenvalue weighted by molar-refractivity contribution is 14.1. The van der Waals surface area contributed by atoms with Gasteiger partial charge in [-0.3, -0.25) is 4.98 Å². The van der Waals surface area contributed by atoms with Crippen molar-refractivity contribution in [3.63, 3.8) is 0 Å². The third kappa shape index (κ3) is 2.57. The van der Waals surface area contributed by atoms with Gasteiger partial charge in [0, 0.05) is 15.5 Å². The fraction of sp³-hybridized carbons (Fsp3) is 0.143. The van der Waals surface area contributed by atoms with E-state index in [0.29, 0.717) is 0 Å². The maximum Gasteiger partial charge on any atom is 0.178 e. The van der Waals surface area contributed by atoms with Crippen molar-refractivity contribution in [1.82, 2.24) is 14.5 Å². The maximum absolute atomic E-state index is 5.41. The van der Waals surface area contributed by atoms with Crippen LogP contribution in [0.3, 0.4) is 0 Å². The van der Waals surface area contributed by atoms with Crippen molar-refractivity contribution in [2.24, 2.45) is 0 Å². The number of aromatic nitrogens is 3. The molecule has 0 aliphatic heterocycles. The van der Waals surface area contributed by atoms with E-state index in [2.05, 4.69) is 61.4 Å². The van der Waals surface area contributed by atoms with E-state index in [9.17, 15) is 0 Å². The van der Waals surface area contributed by atoms with Gasteiger partial charge >= 0.3 is 0 Å². The lowest BCUT2D eigenvalue weighted by molar-refractivity contribution is 0.805. The highest BCUT2D eigenvalue weighted by atomic mass is 127. The molecule has 3 aromatic rings. The SMILES string of the molecule is Cc1ccc(Cn2c(=S)[nH]c3cc(I)ccc32)cn1. The summed E-state index contributed by atoms with van der Waals surface area (Å²) in [6.45, 7) is 2.73. The second-order valence-corrected chi connectivity index (χ2v) is 6.12. The molecule has 0 saturated carbocycles.